The van der Waals surface area contributed by atoms with E-state index in [9.17, 15) is 13.2 Å². The second-order valence-electron chi connectivity index (χ2n) is 4.70. The Kier molecular flexibility index (Phi) is 4.20. The van der Waals surface area contributed by atoms with Gasteiger partial charge in [-0.3, -0.25) is 0 Å². The second-order valence-corrected chi connectivity index (χ2v) is 5.09. The molecule has 1 aromatic rings. The van der Waals surface area contributed by atoms with Crippen molar-refractivity contribution in [1.82, 2.24) is 9.88 Å². The Hall–Kier alpha value is -1.01. The number of halogens is 4. The van der Waals surface area contributed by atoms with Gasteiger partial charge in [-0.1, -0.05) is 11.6 Å². The van der Waals surface area contributed by atoms with Crippen LogP contribution in [0.5, 0.6) is 0 Å². The van der Waals surface area contributed by atoms with Gasteiger partial charge < -0.3 is 10.2 Å². The third-order valence-corrected chi connectivity index (χ3v) is 3.26. The van der Waals surface area contributed by atoms with Crippen molar-refractivity contribution in [3.05, 3.63) is 22.8 Å². The Morgan fingerprint density at radius 2 is 2.11 bits per heavy atom. The first-order valence-electron chi connectivity index (χ1n) is 6.05. The molecular formula is C12H15ClF3N3. The molecule has 1 aromatic heterocycles. The van der Waals surface area contributed by atoms with Gasteiger partial charge in [0, 0.05) is 19.1 Å². The van der Waals surface area contributed by atoms with E-state index in [1.54, 1.807) is 0 Å². The molecule has 0 atom stereocenters. The highest BCUT2D eigenvalue weighted by Gasteiger charge is 2.31. The zero-order valence-corrected chi connectivity index (χ0v) is 11.2. The standard InChI is InChI=1S/C12H15ClF3N3/c1-19(9-2-3-9)5-4-17-11-7-8(12(14,15)16)6-10(13)18-11/h6-7,9H,2-5H2,1H3,(H,17,18). The average molecular weight is 294 g/mol. The number of hydrogen-bond acceptors (Lipinski definition) is 3. The molecular weight excluding hydrogens is 279 g/mol. The van der Waals surface area contributed by atoms with Crippen LogP contribution in [0.3, 0.4) is 0 Å². The Balaban J connectivity index is 1.93. The number of alkyl halides is 3. The Bertz CT molecular complexity index is 446. The molecule has 0 radical (unpaired) electrons. The molecule has 0 aliphatic heterocycles. The van der Waals surface area contributed by atoms with Crippen LogP contribution in [0.15, 0.2) is 12.1 Å². The van der Waals surface area contributed by atoms with Gasteiger partial charge in [-0.2, -0.15) is 13.2 Å². The molecule has 0 saturated heterocycles. The molecule has 3 nitrogen and oxygen atoms in total. The molecule has 1 saturated carbocycles. The number of pyridine rings is 1. The summed E-state index contributed by atoms with van der Waals surface area (Å²) in [6.07, 6.45) is -2.01. The van der Waals surface area contributed by atoms with Crippen molar-refractivity contribution < 1.29 is 13.2 Å². The topological polar surface area (TPSA) is 28.2 Å². The minimum Gasteiger partial charge on any atom is -0.369 e. The third kappa shape index (κ3) is 4.24. The van der Waals surface area contributed by atoms with Crippen LogP contribution < -0.4 is 5.32 Å². The van der Waals surface area contributed by atoms with Crippen LogP contribution in [0, 0.1) is 0 Å². The first-order valence-corrected chi connectivity index (χ1v) is 6.43. The molecule has 0 spiro atoms. The largest absolute Gasteiger partial charge is 0.416 e. The summed E-state index contributed by atoms with van der Waals surface area (Å²) in [5.74, 6) is 0.157. The van der Waals surface area contributed by atoms with E-state index in [1.165, 1.54) is 12.8 Å². The number of nitrogens with one attached hydrogen (secondary N) is 1. The van der Waals surface area contributed by atoms with E-state index in [4.69, 9.17) is 11.6 Å². The summed E-state index contributed by atoms with van der Waals surface area (Å²) in [7, 11) is 2.01. The molecule has 1 aliphatic carbocycles. The van der Waals surface area contributed by atoms with Crippen LogP contribution in [0.1, 0.15) is 18.4 Å². The van der Waals surface area contributed by atoms with Gasteiger partial charge in [0.15, 0.2) is 0 Å². The zero-order chi connectivity index (χ0) is 14.0. The van der Waals surface area contributed by atoms with E-state index in [0.29, 0.717) is 12.6 Å². The first-order chi connectivity index (χ1) is 8.86. The minimum absolute atomic E-state index is 0.157. The van der Waals surface area contributed by atoms with E-state index in [2.05, 4.69) is 15.2 Å². The maximum atomic E-state index is 12.6. The maximum Gasteiger partial charge on any atom is 0.416 e. The monoisotopic (exact) mass is 293 g/mol. The van der Waals surface area contributed by atoms with Gasteiger partial charge in [0.2, 0.25) is 0 Å². The lowest BCUT2D eigenvalue weighted by atomic mass is 10.2. The van der Waals surface area contributed by atoms with Crippen molar-refractivity contribution in [3.63, 3.8) is 0 Å². The normalized spacial score (nSPS) is 15.9. The molecule has 0 unspecified atom stereocenters. The lowest BCUT2D eigenvalue weighted by molar-refractivity contribution is -0.137. The lowest BCUT2D eigenvalue weighted by Gasteiger charge is -2.16. The van der Waals surface area contributed by atoms with Crippen molar-refractivity contribution in [2.45, 2.75) is 25.1 Å². The van der Waals surface area contributed by atoms with Crippen molar-refractivity contribution in [2.75, 3.05) is 25.5 Å². The van der Waals surface area contributed by atoms with Gasteiger partial charge in [0.05, 0.1) is 5.56 Å². The molecule has 0 aromatic carbocycles. The predicted octanol–water partition coefficient (Wildman–Crippen LogP) is 3.26. The summed E-state index contributed by atoms with van der Waals surface area (Å²) < 4.78 is 37.8. The van der Waals surface area contributed by atoms with Crippen molar-refractivity contribution in [1.29, 1.82) is 0 Å². The molecule has 0 bridgehead atoms. The SMILES string of the molecule is CN(CCNc1cc(C(F)(F)F)cc(Cl)n1)C1CC1. The number of aromatic nitrogens is 1. The van der Waals surface area contributed by atoms with Crippen LogP contribution in [-0.2, 0) is 6.18 Å². The molecule has 7 heteroatoms. The van der Waals surface area contributed by atoms with E-state index in [0.717, 1.165) is 18.7 Å². The molecule has 106 valence electrons. The smallest absolute Gasteiger partial charge is 0.369 e. The van der Waals surface area contributed by atoms with E-state index < -0.39 is 11.7 Å². The van der Waals surface area contributed by atoms with E-state index in [-0.39, 0.29) is 11.0 Å². The van der Waals surface area contributed by atoms with Crippen LogP contribution >= 0.6 is 11.6 Å². The molecule has 1 fully saturated rings. The Morgan fingerprint density at radius 3 is 2.68 bits per heavy atom. The highest BCUT2D eigenvalue weighted by atomic mass is 35.5. The number of rotatable bonds is 5. The van der Waals surface area contributed by atoms with E-state index >= 15 is 0 Å². The summed E-state index contributed by atoms with van der Waals surface area (Å²) in [5.41, 5.74) is -0.787. The summed E-state index contributed by atoms with van der Waals surface area (Å²) in [6, 6.07) is 2.42. The minimum atomic E-state index is -4.41. The van der Waals surface area contributed by atoms with Gasteiger partial charge in [-0.25, -0.2) is 4.98 Å². The van der Waals surface area contributed by atoms with Gasteiger partial charge in [-0.15, -0.1) is 0 Å². The third-order valence-electron chi connectivity index (χ3n) is 3.06. The number of nitrogens with zero attached hydrogens (tertiary/aromatic N) is 2. The van der Waals surface area contributed by atoms with Crippen LogP contribution in [0.2, 0.25) is 5.15 Å². The summed E-state index contributed by atoms with van der Waals surface area (Å²) >= 11 is 5.60. The molecule has 1 aliphatic rings. The lowest BCUT2D eigenvalue weighted by Crippen LogP contribution is -2.27. The highest BCUT2D eigenvalue weighted by molar-refractivity contribution is 6.29. The fraction of sp³-hybridized carbons (Fsp3) is 0.583. The molecule has 2 rings (SSSR count). The van der Waals surface area contributed by atoms with Crippen molar-refractivity contribution in [2.24, 2.45) is 0 Å². The quantitative estimate of drug-likeness (QED) is 0.845. The highest BCUT2D eigenvalue weighted by Crippen LogP contribution is 2.32. The second kappa shape index (κ2) is 5.54. The fourth-order valence-corrected chi connectivity index (χ4v) is 2.02. The maximum absolute atomic E-state index is 12.6. The average Bonchev–Trinajstić information content (AvgIpc) is 3.10. The molecule has 0 amide bonds. The molecule has 19 heavy (non-hydrogen) atoms. The number of likely N-dealkylation sites (N-methyl/N-ethyl adjacent to an activating group) is 1. The van der Waals surface area contributed by atoms with Crippen LogP contribution in [0.4, 0.5) is 19.0 Å². The summed E-state index contributed by atoms with van der Waals surface area (Å²) in [6.45, 7) is 1.30. The predicted molar refractivity (Wildman–Crippen MR) is 68.4 cm³/mol. The van der Waals surface area contributed by atoms with Crippen molar-refractivity contribution in [3.8, 4) is 0 Å². The molecule has 1 N–H and O–H groups in total. The number of anilines is 1. The summed E-state index contributed by atoms with van der Waals surface area (Å²) in [5, 5.41) is 2.71. The van der Waals surface area contributed by atoms with Crippen LogP contribution in [-0.4, -0.2) is 36.1 Å². The molecule has 1 heterocycles. The van der Waals surface area contributed by atoms with E-state index in [1.807, 2.05) is 7.05 Å². The van der Waals surface area contributed by atoms with Gasteiger partial charge in [0.1, 0.15) is 11.0 Å². The summed E-state index contributed by atoms with van der Waals surface area (Å²) in [4.78, 5) is 6.02. The van der Waals surface area contributed by atoms with Gasteiger partial charge in [-0.05, 0) is 32.0 Å². The fourth-order valence-electron chi connectivity index (χ4n) is 1.81. The Labute approximate surface area is 114 Å². The zero-order valence-electron chi connectivity index (χ0n) is 10.5. The Morgan fingerprint density at radius 1 is 1.42 bits per heavy atom. The number of hydrogen-bond donors (Lipinski definition) is 1. The first kappa shape index (κ1) is 14.4. The van der Waals surface area contributed by atoms with Gasteiger partial charge in [0.25, 0.3) is 0 Å². The van der Waals surface area contributed by atoms with Crippen molar-refractivity contribution >= 4 is 17.4 Å². The van der Waals surface area contributed by atoms with Gasteiger partial charge >= 0.3 is 6.18 Å². The van der Waals surface area contributed by atoms with Crippen LogP contribution in [0.25, 0.3) is 0 Å².